The van der Waals surface area contributed by atoms with Crippen molar-refractivity contribution in [3.05, 3.63) is 46.2 Å². The number of fused-ring (bicyclic) bond motifs is 1. The average Bonchev–Trinajstić information content (AvgIpc) is 2.91. The van der Waals surface area contributed by atoms with Gasteiger partial charge in [0, 0.05) is 18.2 Å². The standard InChI is InChI=1S/C19H25N5O2/c1-18(2,3)13-8-6-12(7-9-13)16-21-14-10-15(25)23-24(14)17(22-16)20-11-19(4,5)26/h6-10,26H,11H2,1-5H3,(H,23,25)(H,20,21,22). The van der Waals surface area contributed by atoms with Crippen LogP contribution in [0.5, 0.6) is 0 Å². The molecule has 3 N–H and O–H groups in total. The smallest absolute Gasteiger partial charge is 0.266 e. The number of hydrogen-bond acceptors (Lipinski definition) is 5. The lowest BCUT2D eigenvalue weighted by Gasteiger charge is -2.19. The normalized spacial score (nSPS) is 12.5. The third kappa shape index (κ3) is 3.94. The molecule has 0 saturated carbocycles. The van der Waals surface area contributed by atoms with E-state index in [1.807, 2.05) is 12.1 Å². The van der Waals surface area contributed by atoms with Crippen LogP contribution in [0.1, 0.15) is 40.2 Å². The minimum absolute atomic E-state index is 0.0662. The summed E-state index contributed by atoms with van der Waals surface area (Å²) in [5.74, 6) is 0.942. The molecule has 0 bridgehead atoms. The second kappa shape index (κ2) is 6.25. The lowest BCUT2D eigenvalue weighted by atomic mass is 9.87. The molecule has 0 amide bonds. The van der Waals surface area contributed by atoms with E-state index >= 15 is 0 Å². The summed E-state index contributed by atoms with van der Waals surface area (Å²) in [6, 6.07) is 9.52. The summed E-state index contributed by atoms with van der Waals surface area (Å²) in [7, 11) is 0. The van der Waals surface area contributed by atoms with Crippen LogP contribution < -0.4 is 10.9 Å². The van der Waals surface area contributed by atoms with Crippen molar-refractivity contribution in [2.24, 2.45) is 0 Å². The first-order valence-corrected chi connectivity index (χ1v) is 8.60. The van der Waals surface area contributed by atoms with Gasteiger partial charge in [-0.2, -0.15) is 4.98 Å². The Morgan fingerprint density at radius 2 is 1.77 bits per heavy atom. The van der Waals surface area contributed by atoms with Gasteiger partial charge in [-0.25, -0.2) is 9.50 Å². The highest BCUT2D eigenvalue weighted by Crippen LogP contribution is 2.25. The second-order valence-electron chi connectivity index (χ2n) is 8.18. The summed E-state index contributed by atoms with van der Waals surface area (Å²) in [6.07, 6.45) is 0. The van der Waals surface area contributed by atoms with Crippen LogP contribution in [0.25, 0.3) is 17.0 Å². The summed E-state index contributed by atoms with van der Waals surface area (Å²) in [5, 5.41) is 15.7. The fourth-order valence-corrected chi connectivity index (χ4v) is 2.57. The van der Waals surface area contributed by atoms with Crippen molar-refractivity contribution in [3.63, 3.8) is 0 Å². The van der Waals surface area contributed by atoms with E-state index in [0.29, 0.717) is 17.4 Å². The zero-order valence-corrected chi connectivity index (χ0v) is 15.8. The van der Waals surface area contributed by atoms with E-state index in [-0.39, 0.29) is 17.5 Å². The van der Waals surface area contributed by atoms with Gasteiger partial charge in [-0.1, -0.05) is 45.0 Å². The molecule has 0 spiro atoms. The van der Waals surface area contributed by atoms with Crippen molar-refractivity contribution in [2.45, 2.75) is 45.6 Å². The molecule has 1 aromatic carbocycles. The Morgan fingerprint density at radius 1 is 1.12 bits per heavy atom. The van der Waals surface area contributed by atoms with Crippen LogP contribution in [-0.2, 0) is 5.41 Å². The molecule has 7 nitrogen and oxygen atoms in total. The molecule has 0 aliphatic heterocycles. The van der Waals surface area contributed by atoms with Crippen LogP contribution in [0.4, 0.5) is 5.95 Å². The third-order valence-electron chi connectivity index (χ3n) is 4.04. The number of nitrogens with zero attached hydrogens (tertiary/aromatic N) is 3. The van der Waals surface area contributed by atoms with Gasteiger partial charge in [0.1, 0.15) is 0 Å². The average molecular weight is 355 g/mol. The van der Waals surface area contributed by atoms with Crippen LogP contribution in [0.2, 0.25) is 0 Å². The molecule has 0 aliphatic carbocycles. The van der Waals surface area contributed by atoms with E-state index < -0.39 is 5.60 Å². The molecule has 7 heteroatoms. The topological polar surface area (TPSA) is 95.3 Å². The van der Waals surface area contributed by atoms with Crippen molar-refractivity contribution in [1.82, 2.24) is 19.6 Å². The van der Waals surface area contributed by atoms with Gasteiger partial charge in [-0.3, -0.25) is 9.89 Å². The van der Waals surface area contributed by atoms with Gasteiger partial charge in [-0.15, -0.1) is 0 Å². The molecule has 0 fully saturated rings. The lowest BCUT2D eigenvalue weighted by molar-refractivity contribution is 0.0942. The Bertz CT molecular complexity index is 972. The maximum Gasteiger partial charge on any atom is 0.266 e. The Hall–Kier alpha value is -2.67. The van der Waals surface area contributed by atoms with Gasteiger partial charge in [0.25, 0.3) is 5.56 Å². The lowest BCUT2D eigenvalue weighted by Crippen LogP contribution is -2.30. The van der Waals surface area contributed by atoms with Crippen LogP contribution in [-0.4, -0.2) is 36.8 Å². The largest absolute Gasteiger partial charge is 0.389 e. The number of aromatic amines is 1. The highest BCUT2D eigenvalue weighted by Gasteiger charge is 2.17. The van der Waals surface area contributed by atoms with E-state index in [0.717, 1.165) is 5.56 Å². The molecular weight excluding hydrogens is 330 g/mol. The minimum Gasteiger partial charge on any atom is -0.389 e. The van der Waals surface area contributed by atoms with Gasteiger partial charge < -0.3 is 10.4 Å². The molecule has 2 heterocycles. The number of benzene rings is 1. The molecule has 3 aromatic rings. The summed E-state index contributed by atoms with van der Waals surface area (Å²) in [4.78, 5) is 20.7. The van der Waals surface area contributed by atoms with Crippen LogP contribution in [0, 0.1) is 0 Å². The number of aromatic nitrogens is 4. The first-order chi connectivity index (χ1) is 12.0. The number of rotatable bonds is 4. The van der Waals surface area contributed by atoms with Crippen molar-refractivity contribution in [2.75, 3.05) is 11.9 Å². The summed E-state index contributed by atoms with van der Waals surface area (Å²) < 4.78 is 1.49. The van der Waals surface area contributed by atoms with Crippen molar-refractivity contribution >= 4 is 11.6 Å². The Balaban J connectivity index is 2.04. The Kier molecular flexibility index (Phi) is 4.36. The summed E-state index contributed by atoms with van der Waals surface area (Å²) >= 11 is 0. The number of aliphatic hydroxyl groups is 1. The van der Waals surface area contributed by atoms with Gasteiger partial charge in [0.15, 0.2) is 11.5 Å². The zero-order valence-electron chi connectivity index (χ0n) is 15.8. The maximum atomic E-state index is 11.7. The third-order valence-corrected chi connectivity index (χ3v) is 4.04. The van der Waals surface area contributed by atoms with Crippen molar-refractivity contribution in [1.29, 1.82) is 0 Å². The number of hydrogen-bond donors (Lipinski definition) is 3. The molecule has 0 aliphatic rings. The van der Waals surface area contributed by atoms with Gasteiger partial charge in [0.05, 0.1) is 5.60 Å². The minimum atomic E-state index is -0.917. The molecule has 0 saturated heterocycles. The van der Waals surface area contributed by atoms with E-state index in [9.17, 15) is 9.90 Å². The van der Waals surface area contributed by atoms with Crippen LogP contribution in [0.15, 0.2) is 35.1 Å². The molecule has 2 aromatic heterocycles. The van der Waals surface area contributed by atoms with Gasteiger partial charge in [-0.05, 0) is 24.8 Å². The fraction of sp³-hybridized carbons (Fsp3) is 0.421. The first-order valence-electron chi connectivity index (χ1n) is 8.60. The van der Waals surface area contributed by atoms with E-state index in [1.165, 1.54) is 16.1 Å². The highest BCUT2D eigenvalue weighted by atomic mass is 16.3. The highest BCUT2D eigenvalue weighted by molar-refractivity contribution is 5.60. The van der Waals surface area contributed by atoms with Gasteiger partial charge in [0.2, 0.25) is 5.95 Å². The number of nitrogens with one attached hydrogen (secondary N) is 2. The predicted molar refractivity (Wildman–Crippen MR) is 103 cm³/mol. The molecule has 26 heavy (non-hydrogen) atoms. The Labute approximate surface area is 152 Å². The van der Waals surface area contributed by atoms with Crippen molar-refractivity contribution in [3.8, 4) is 11.4 Å². The monoisotopic (exact) mass is 355 g/mol. The second-order valence-corrected chi connectivity index (χ2v) is 8.18. The molecule has 138 valence electrons. The molecule has 0 atom stereocenters. The quantitative estimate of drug-likeness (QED) is 0.668. The molecule has 0 radical (unpaired) electrons. The molecular formula is C19H25N5O2. The number of anilines is 1. The van der Waals surface area contributed by atoms with Crippen molar-refractivity contribution < 1.29 is 5.11 Å². The maximum absolute atomic E-state index is 11.7. The fourth-order valence-electron chi connectivity index (χ4n) is 2.57. The van der Waals surface area contributed by atoms with Gasteiger partial charge >= 0.3 is 0 Å². The number of H-pyrrole nitrogens is 1. The van der Waals surface area contributed by atoms with E-state index in [4.69, 9.17) is 0 Å². The zero-order chi connectivity index (χ0) is 19.1. The van der Waals surface area contributed by atoms with Crippen LogP contribution in [0.3, 0.4) is 0 Å². The molecule has 0 unspecified atom stereocenters. The summed E-state index contributed by atoms with van der Waals surface area (Å²) in [5.41, 5.74) is 1.45. The van der Waals surface area contributed by atoms with Crippen LogP contribution >= 0.6 is 0 Å². The molecule has 3 rings (SSSR count). The first kappa shape index (κ1) is 18.1. The summed E-state index contributed by atoms with van der Waals surface area (Å²) in [6.45, 7) is 10.2. The van der Waals surface area contributed by atoms with E-state index in [1.54, 1.807) is 13.8 Å². The Morgan fingerprint density at radius 3 is 2.35 bits per heavy atom. The SMILES string of the molecule is CC(C)(O)CNc1nc(-c2ccc(C(C)(C)C)cc2)nc2cc(=O)[nH]n12. The predicted octanol–water partition coefficient (Wildman–Crippen LogP) is 2.56. The van der Waals surface area contributed by atoms with E-state index in [2.05, 4.69) is 53.3 Å².